The van der Waals surface area contributed by atoms with Crippen molar-refractivity contribution in [2.45, 2.75) is 188 Å². The molecule has 0 aromatic carbocycles. The normalized spacial score (nSPS) is 37.8. The first-order valence-electron chi connectivity index (χ1n) is 22.5. The second-order valence-electron chi connectivity index (χ2n) is 17.1. The average Bonchev–Trinajstić information content (AvgIpc) is 3.28. The van der Waals surface area contributed by atoms with Crippen LogP contribution < -0.4 is 0 Å². The van der Waals surface area contributed by atoms with E-state index < -0.39 is 130 Å². The number of carbonyl (C=O) groups is 3. The fraction of sp³-hybridized carbons (Fsp3) is 0.927. The van der Waals surface area contributed by atoms with Gasteiger partial charge >= 0.3 is 5.97 Å². The molecule has 4 heterocycles. The number of hydrogen-bond acceptors (Lipinski definition) is 23. The van der Waals surface area contributed by atoms with Crippen molar-refractivity contribution in [3.8, 4) is 0 Å². The van der Waals surface area contributed by atoms with E-state index in [1.807, 2.05) is 6.92 Å². The molecule has 1 amide bonds. The van der Waals surface area contributed by atoms with Crippen LogP contribution in [0.3, 0.4) is 0 Å². The molecule has 11 N–H and O–H groups in total. The van der Waals surface area contributed by atoms with E-state index in [2.05, 4.69) is 4.90 Å². The molecule has 65 heavy (non-hydrogen) atoms. The van der Waals surface area contributed by atoms with Gasteiger partial charge in [0.25, 0.3) is 5.91 Å². The number of ether oxygens (including phenoxy) is 7. The molecule has 0 saturated carbocycles. The highest BCUT2D eigenvalue weighted by Gasteiger charge is 2.52. The second kappa shape index (κ2) is 27.7. The highest BCUT2D eigenvalue weighted by atomic mass is 16.8. The highest BCUT2D eigenvalue weighted by Crippen LogP contribution is 2.31. The fourth-order valence-electron chi connectivity index (χ4n) is 8.06. The van der Waals surface area contributed by atoms with Crippen molar-refractivity contribution in [3.05, 3.63) is 0 Å². The first kappa shape index (κ1) is 55.4. The molecule has 24 nitrogen and oxygen atoms in total. The number of hydrogen-bond donors (Lipinski definition) is 11. The minimum absolute atomic E-state index is 0.0135. The molecule has 4 aliphatic rings. The van der Waals surface area contributed by atoms with E-state index in [0.717, 1.165) is 24.3 Å². The zero-order valence-corrected chi connectivity index (χ0v) is 37.0. The molecule has 0 aromatic rings. The summed E-state index contributed by atoms with van der Waals surface area (Å²) in [6.07, 6.45) is -20.0. The molecule has 4 saturated heterocycles. The Bertz CT molecular complexity index is 1400. The van der Waals surface area contributed by atoms with Crippen LogP contribution in [0.15, 0.2) is 0 Å². The number of aliphatic hydroxyl groups excluding tert-OH is 11. The number of rotatable bonds is 25. The molecule has 18 atom stereocenters. The summed E-state index contributed by atoms with van der Waals surface area (Å²) in [5.41, 5.74) is 0. The lowest BCUT2D eigenvalue weighted by molar-refractivity contribution is -0.366. The summed E-state index contributed by atoms with van der Waals surface area (Å²) < 4.78 is 40.2. The minimum atomic E-state index is -1.90. The monoisotopic (exact) mass is 944 g/mol. The van der Waals surface area contributed by atoms with Gasteiger partial charge in [-0.2, -0.15) is 5.06 Å². The Morgan fingerprint density at radius 2 is 1.23 bits per heavy atom. The third-order valence-corrected chi connectivity index (χ3v) is 12.1. The van der Waals surface area contributed by atoms with Crippen molar-refractivity contribution >= 4 is 18.2 Å². The van der Waals surface area contributed by atoms with Crippen LogP contribution in [0, 0.1) is 0 Å². The smallest absolute Gasteiger partial charge is 0.332 e. The molecule has 0 spiro atoms. The van der Waals surface area contributed by atoms with Crippen LogP contribution in [0.4, 0.5) is 0 Å². The van der Waals surface area contributed by atoms with Crippen LogP contribution in [0.2, 0.25) is 0 Å². The van der Waals surface area contributed by atoms with E-state index in [1.165, 1.54) is 7.05 Å². The van der Waals surface area contributed by atoms with Crippen molar-refractivity contribution in [2.75, 3.05) is 53.1 Å². The number of nitrogens with zero attached hydrogens (tertiary/aromatic N) is 2. The lowest BCUT2D eigenvalue weighted by atomic mass is 9.96. The summed E-state index contributed by atoms with van der Waals surface area (Å²) in [6, 6.07) is 0. The van der Waals surface area contributed by atoms with Crippen LogP contribution >= 0.6 is 0 Å². The lowest BCUT2D eigenvalue weighted by Crippen LogP contribution is -2.65. The van der Waals surface area contributed by atoms with E-state index in [1.54, 1.807) is 0 Å². The maximum atomic E-state index is 12.3. The van der Waals surface area contributed by atoms with E-state index in [-0.39, 0.29) is 44.6 Å². The summed E-state index contributed by atoms with van der Waals surface area (Å²) in [5, 5.41) is 116. The average molecular weight is 945 g/mol. The van der Waals surface area contributed by atoms with E-state index in [0.29, 0.717) is 51.5 Å². The van der Waals surface area contributed by atoms with E-state index in [4.69, 9.17) is 38.0 Å². The molecule has 4 rings (SSSR count). The molecule has 0 aliphatic carbocycles. The quantitative estimate of drug-likeness (QED) is 0.0233. The van der Waals surface area contributed by atoms with Crippen LogP contribution in [-0.4, -0.2) is 248 Å². The van der Waals surface area contributed by atoms with Crippen LogP contribution in [0.5, 0.6) is 0 Å². The second-order valence-corrected chi connectivity index (χ2v) is 17.1. The van der Waals surface area contributed by atoms with E-state index in [9.17, 15) is 70.6 Å². The topological polar surface area (TPSA) is 354 Å². The number of amides is 1. The molecule has 378 valence electrons. The van der Waals surface area contributed by atoms with Gasteiger partial charge in [0.15, 0.2) is 18.9 Å². The van der Waals surface area contributed by atoms with Crippen molar-refractivity contribution in [3.63, 3.8) is 0 Å². The predicted octanol–water partition coefficient (Wildman–Crippen LogP) is -4.69. The molecule has 0 bridgehead atoms. The maximum Gasteiger partial charge on any atom is 0.332 e. The first-order chi connectivity index (χ1) is 31.0. The van der Waals surface area contributed by atoms with Crippen LogP contribution in [0.25, 0.3) is 0 Å². The van der Waals surface area contributed by atoms with Crippen LogP contribution in [-0.2, 0) is 52.4 Å². The number of carbonyl (C=O) groups excluding carboxylic acids is 3. The number of unbranched alkanes of at least 4 members (excludes halogenated alkanes) is 3. The summed E-state index contributed by atoms with van der Waals surface area (Å²) in [6.45, 7) is 1.19. The zero-order valence-electron chi connectivity index (χ0n) is 37.0. The highest BCUT2D eigenvalue weighted by molar-refractivity contribution is 5.79. The Hall–Kier alpha value is -2.15. The summed E-state index contributed by atoms with van der Waals surface area (Å²) in [4.78, 5) is 42.0. The Balaban J connectivity index is 1.40. The molecule has 4 fully saturated rings. The van der Waals surface area contributed by atoms with E-state index >= 15 is 0 Å². The lowest BCUT2D eigenvalue weighted by Gasteiger charge is -2.46. The summed E-state index contributed by atoms with van der Waals surface area (Å²) in [7, 11) is 1.30. The molecular formula is C41H72N2O22. The maximum absolute atomic E-state index is 12.3. The Kier molecular flexibility index (Phi) is 23.7. The summed E-state index contributed by atoms with van der Waals surface area (Å²) >= 11 is 0. The largest absolute Gasteiger partial charge is 0.394 e. The van der Waals surface area contributed by atoms with Gasteiger partial charge in [-0.05, 0) is 65.0 Å². The first-order valence-corrected chi connectivity index (χ1v) is 22.5. The van der Waals surface area contributed by atoms with Gasteiger partial charge in [0.1, 0.15) is 79.5 Å². The Labute approximate surface area is 377 Å². The van der Waals surface area contributed by atoms with Gasteiger partial charge in [-0.15, -0.1) is 0 Å². The van der Waals surface area contributed by atoms with Gasteiger partial charge in [0, 0.05) is 32.9 Å². The van der Waals surface area contributed by atoms with Crippen molar-refractivity contribution in [1.29, 1.82) is 0 Å². The molecule has 11 unspecified atom stereocenters. The Morgan fingerprint density at radius 1 is 0.631 bits per heavy atom. The number of hydroxylamine groups is 2. The van der Waals surface area contributed by atoms with Gasteiger partial charge in [0.05, 0.1) is 44.7 Å². The fourth-order valence-corrected chi connectivity index (χ4v) is 8.06. The zero-order chi connectivity index (χ0) is 47.8. The molecule has 4 aliphatic heterocycles. The Morgan fingerprint density at radius 3 is 1.88 bits per heavy atom. The van der Waals surface area contributed by atoms with Gasteiger partial charge < -0.3 is 104 Å². The van der Waals surface area contributed by atoms with Crippen LogP contribution in [0.1, 0.15) is 77.6 Å². The van der Waals surface area contributed by atoms with Gasteiger partial charge in [-0.25, -0.2) is 4.79 Å². The third kappa shape index (κ3) is 16.2. The predicted molar refractivity (Wildman–Crippen MR) is 217 cm³/mol. The molecular weight excluding hydrogens is 872 g/mol. The van der Waals surface area contributed by atoms with Gasteiger partial charge in [-0.1, -0.05) is 6.42 Å². The number of aldehydes is 1. The van der Waals surface area contributed by atoms with Crippen molar-refractivity contribution in [2.24, 2.45) is 0 Å². The minimum Gasteiger partial charge on any atom is -0.394 e. The molecule has 0 radical (unpaired) electrons. The molecule has 24 heteroatoms. The summed E-state index contributed by atoms with van der Waals surface area (Å²) in [5.74, 6) is -1.10. The van der Waals surface area contributed by atoms with Gasteiger partial charge in [0.2, 0.25) is 0 Å². The van der Waals surface area contributed by atoms with Crippen molar-refractivity contribution in [1.82, 2.24) is 9.96 Å². The molecule has 0 aromatic heterocycles. The van der Waals surface area contributed by atoms with Crippen molar-refractivity contribution < 1.29 is 109 Å². The standard InChI is InChI=1S/C41H72N2O22/c1-22-12-13-23(47)24(60-22)9-5-7-15-43(14-6-3-4-11-29(49)65-42(2)28(48)10-8-17-44)16-18-58-40-37(57)38(64-41-36(56)34(54)31(51)26(20-46)62-41)32(52)27(63-40)21-59-39-35(55)33(53)30(50)25(19-45)61-39/h17,22-27,30-41,45-47,50-57H,3-16,18-21H2,1-2H3/t22-,23?,24?,25?,26?,27?,30+,31+,32+,33?,34?,35?,36?,37?,38?,39-,40-,41+/m0/s1. The number of aliphatic hydroxyl groups is 11. The van der Waals surface area contributed by atoms with Gasteiger partial charge in [-0.3, -0.25) is 4.79 Å². The SMILES string of the molecule is C[C@H]1CCC(O)C(CCCCN(CCCCCC(=O)ON(C)C(=O)CCC=O)CCO[C@H]2OC(CO[C@H]3OC(CO)[C@@H](O)C(O)C3O)[C@@H](O)C(O[C@H]3OC(CO)[C@@H](O)C(O)C3O)C2O)O1. The third-order valence-electron chi connectivity index (χ3n) is 12.1.